The molecule has 1 aromatic carbocycles. The van der Waals surface area contributed by atoms with Gasteiger partial charge >= 0.3 is 0 Å². The molecule has 0 amide bonds. The zero-order valence-corrected chi connectivity index (χ0v) is 11.6. The molecule has 0 aromatic heterocycles. The molecule has 3 nitrogen and oxygen atoms in total. The van der Waals surface area contributed by atoms with Crippen LogP contribution in [-0.2, 0) is 26.0 Å². The van der Waals surface area contributed by atoms with Crippen molar-refractivity contribution in [3.63, 3.8) is 0 Å². The standard InChI is InChI=1S/C14H20O3S/c1-12-5-2-3-6-13(12)11-18(15)10-7-14-16-8-4-9-17-14/h2-3,5-6,14H,4,7-11H2,1H3. The molecule has 0 N–H and O–H groups in total. The van der Waals surface area contributed by atoms with E-state index in [-0.39, 0.29) is 6.29 Å². The fraction of sp³-hybridized carbons (Fsp3) is 0.571. The van der Waals surface area contributed by atoms with Crippen molar-refractivity contribution in [1.82, 2.24) is 0 Å². The molecule has 0 saturated carbocycles. The van der Waals surface area contributed by atoms with Gasteiger partial charge in [-0.2, -0.15) is 0 Å². The normalized spacial score (nSPS) is 18.7. The highest BCUT2D eigenvalue weighted by Crippen LogP contribution is 2.13. The van der Waals surface area contributed by atoms with Crippen molar-refractivity contribution in [2.75, 3.05) is 19.0 Å². The Morgan fingerprint density at radius 2 is 2.00 bits per heavy atom. The molecular weight excluding hydrogens is 248 g/mol. The van der Waals surface area contributed by atoms with Crippen LogP contribution in [-0.4, -0.2) is 29.5 Å². The first-order valence-electron chi connectivity index (χ1n) is 6.38. The Morgan fingerprint density at radius 3 is 2.72 bits per heavy atom. The number of hydrogen-bond donors (Lipinski definition) is 0. The van der Waals surface area contributed by atoms with Crippen molar-refractivity contribution in [1.29, 1.82) is 0 Å². The van der Waals surface area contributed by atoms with E-state index < -0.39 is 10.8 Å². The molecule has 1 atom stereocenters. The summed E-state index contributed by atoms with van der Waals surface area (Å²) in [5.74, 6) is 1.26. The van der Waals surface area contributed by atoms with E-state index in [0.29, 0.717) is 11.5 Å². The second-order valence-electron chi connectivity index (χ2n) is 4.53. The summed E-state index contributed by atoms with van der Waals surface area (Å²) in [6, 6.07) is 8.10. The SMILES string of the molecule is Cc1ccccc1CS(=O)CCC1OCCCO1. The van der Waals surface area contributed by atoms with Crippen LogP contribution in [0.25, 0.3) is 0 Å². The maximum atomic E-state index is 12.0. The lowest BCUT2D eigenvalue weighted by Gasteiger charge is -2.22. The van der Waals surface area contributed by atoms with Crippen LogP contribution in [0, 0.1) is 6.92 Å². The third-order valence-corrected chi connectivity index (χ3v) is 4.38. The number of hydrogen-bond acceptors (Lipinski definition) is 3. The van der Waals surface area contributed by atoms with E-state index in [1.807, 2.05) is 18.2 Å². The molecule has 1 saturated heterocycles. The van der Waals surface area contributed by atoms with Gasteiger partial charge in [0.2, 0.25) is 0 Å². The second-order valence-corrected chi connectivity index (χ2v) is 6.10. The van der Waals surface area contributed by atoms with Crippen LogP contribution in [0.4, 0.5) is 0 Å². The van der Waals surface area contributed by atoms with E-state index in [2.05, 4.69) is 13.0 Å². The molecule has 2 rings (SSSR count). The minimum absolute atomic E-state index is 0.153. The summed E-state index contributed by atoms with van der Waals surface area (Å²) < 4.78 is 22.9. The highest BCUT2D eigenvalue weighted by molar-refractivity contribution is 7.84. The van der Waals surface area contributed by atoms with Gasteiger partial charge in [-0.1, -0.05) is 24.3 Å². The third kappa shape index (κ3) is 4.19. The molecule has 1 heterocycles. The van der Waals surface area contributed by atoms with Crippen molar-refractivity contribution < 1.29 is 13.7 Å². The maximum Gasteiger partial charge on any atom is 0.158 e. The van der Waals surface area contributed by atoms with Crippen molar-refractivity contribution in [2.24, 2.45) is 0 Å². The van der Waals surface area contributed by atoms with Crippen molar-refractivity contribution in [3.8, 4) is 0 Å². The van der Waals surface area contributed by atoms with Crippen LogP contribution in [0.3, 0.4) is 0 Å². The summed E-state index contributed by atoms with van der Waals surface area (Å²) in [6.45, 7) is 3.57. The molecule has 1 unspecified atom stereocenters. The Balaban J connectivity index is 1.76. The largest absolute Gasteiger partial charge is 0.353 e. The predicted octanol–water partition coefficient (Wildman–Crippen LogP) is 2.40. The van der Waals surface area contributed by atoms with Crippen LogP contribution in [0.2, 0.25) is 0 Å². The van der Waals surface area contributed by atoms with Crippen molar-refractivity contribution >= 4 is 10.8 Å². The molecule has 1 aromatic rings. The summed E-state index contributed by atoms with van der Waals surface area (Å²) in [6.07, 6.45) is 1.53. The lowest BCUT2D eigenvalue weighted by molar-refractivity contribution is -0.178. The molecule has 0 spiro atoms. The first kappa shape index (κ1) is 13.7. The van der Waals surface area contributed by atoms with E-state index in [4.69, 9.17) is 9.47 Å². The average molecular weight is 268 g/mol. The molecular formula is C14H20O3S. The molecule has 1 aliphatic heterocycles. The van der Waals surface area contributed by atoms with Gasteiger partial charge in [0, 0.05) is 28.7 Å². The van der Waals surface area contributed by atoms with Crippen LogP contribution < -0.4 is 0 Å². The van der Waals surface area contributed by atoms with Gasteiger partial charge in [0.15, 0.2) is 6.29 Å². The zero-order chi connectivity index (χ0) is 12.8. The minimum atomic E-state index is -0.843. The van der Waals surface area contributed by atoms with Crippen LogP contribution in [0.1, 0.15) is 24.0 Å². The van der Waals surface area contributed by atoms with Gasteiger partial charge in [0.25, 0.3) is 0 Å². The minimum Gasteiger partial charge on any atom is -0.353 e. The fourth-order valence-corrected chi connectivity index (χ4v) is 3.22. The third-order valence-electron chi connectivity index (χ3n) is 3.06. The van der Waals surface area contributed by atoms with Gasteiger partial charge in [-0.3, -0.25) is 4.21 Å². The monoisotopic (exact) mass is 268 g/mol. The summed E-state index contributed by atoms with van der Waals surface area (Å²) in [4.78, 5) is 0. The van der Waals surface area contributed by atoms with E-state index in [9.17, 15) is 4.21 Å². The number of rotatable bonds is 5. The smallest absolute Gasteiger partial charge is 0.158 e. The summed E-state index contributed by atoms with van der Waals surface area (Å²) >= 11 is 0. The number of benzene rings is 1. The Labute approximate surface area is 111 Å². The Morgan fingerprint density at radius 1 is 1.28 bits per heavy atom. The molecule has 1 aliphatic rings. The molecule has 100 valence electrons. The van der Waals surface area contributed by atoms with E-state index in [1.54, 1.807) is 0 Å². The van der Waals surface area contributed by atoms with E-state index in [0.717, 1.165) is 26.1 Å². The molecule has 0 radical (unpaired) electrons. The topological polar surface area (TPSA) is 35.5 Å². The van der Waals surface area contributed by atoms with Gasteiger partial charge in [0.1, 0.15) is 0 Å². The summed E-state index contributed by atoms with van der Waals surface area (Å²) in [5, 5.41) is 0. The van der Waals surface area contributed by atoms with Gasteiger partial charge < -0.3 is 9.47 Å². The number of aryl methyl sites for hydroxylation is 1. The average Bonchev–Trinajstić information content (AvgIpc) is 2.40. The van der Waals surface area contributed by atoms with Crippen molar-refractivity contribution in [2.45, 2.75) is 31.8 Å². The molecule has 1 fully saturated rings. The predicted molar refractivity (Wildman–Crippen MR) is 72.8 cm³/mol. The first-order chi connectivity index (χ1) is 8.75. The lowest BCUT2D eigenvalue weighted by atomic mass is 10.1. The molecule has 18 heavy (non-hydrogen) atoms. The van der Waals surface area contributed by atoms with Gasteiger partial charge in [-0.15, -0.1) is 0 Å². The summed E-state index contributed by atoms with van der Waals surface area (Å²) in [7, 11) is -0.843. The van der Waals surface area contributed by atoms with Crippen LogP contribution in [0.15, 0.2) is 24.3 Å². The fourth-order valence-electron chi connectivity index (χ4n) is 1.95. The van der Waals surface area contributed by atoms with E-state index >= 15 is 0 Å². The highest BCUT2D eigenvalue weighted by Gasteiger charge is 2.15. The van der Waals surface area contributed by atoms with Crippen LogP contribution >= 0.6 is 0 Å². The molecule has 0 aliphatic carbocycles. The van der Waals surface area contributed by atoms with Gasteiger partial charge in [-0.05, 0) is 24.5 Å². The Hall–Kier alpha value is -0.710. The molecule has 0 bridgehead atoms. The highest BCUT2D eigenvalue weighted by atomic mass is 32.2. The summed E-state index contributed by atoms with van der Waals surface area (Å²) in [5.41, 5.74) is 2.37. The Bertz CT molecular complexity index is 400. The van der Waals surface area contributed by atoms with Gasteiger partial charge in [-0.25, -0.2) is 0 Å². The van der Waals surface area contributed by atoms with Gasteiger partial charge in [0.05, 0.1) is 13.2 Å². The second kappa shape index (κ2) is 7.02. The maximum absolute atomic E-state index is 12.0. The Kier molecular flexibility index (Phi) is 5.35. The zero-order valence-electron chi connectivity index (χ0n) is 10.8. The van der Waals surface area contributed by atoms with Crippen LogP contribution in [0.5, 0.6) is 0 Å². The van der Waals surface area contributed by atoms with E-state index in [1.165, 1.54) is 11.1 Å². The lowest BCUT2D eigenvalue weighted by Crippen LogP contribution is -2.26. The quantitative estimate of drug-likeness (QED) is 0.822. The number of ether oxygens (including phenoxy) is 2. The molecule has 4 heteroatoms. The first-order valence-corrected chi connectivity index (χ1v) is 7.87. The van der Waals surface area contributed by atoms with Crippen molar-refractivity contribution in [3.05, 3.63) is 35.4 Å².